The van der Waals surface area contributed by atoms with Gasteiger partial charge in [0.1, 0.15) is 0 Å². The molecule has 0 spiro atoms. The second-order valence-electron chi connectivity index (χ2n) is 4.14. The van der Waals surface area contributed by atoms with Crippen LogP contribution in [0, 0.1) is 13.0 Å². The minimum Gasteiger partial charge on any atom is -0.344 e. The van der Waals surface area contributed by atoms with Crippen LogP contribution in [-0.4, -0.2) is 4.57 Å². The van der Waals surface area contributed by atoms with Gasteiger partial charge in [-0.25, -0.2) is 0 Å². The first-order chi connectivity index (χ1) is 7.81. The van der Waals surface area contributed by atoms with Crippen molar-refractivity contribution >= 4 is 21.7 Å². The summed E-state index contributed by atoms with van der Waals surface area (Å²) in [5.74, 6) is 0. The molecule has 0 aliphatic rings. The molecule has 1 heterocycles. The molecule has 2 aromatic carbocycles. The van der Waals surface area contributed by atoms with Gasteiger partial charge in [-0.2, -0.15) is 0 Å². The molecule has 0 fully saturated rings. The van der Waals surface area contributed by atoms with Crippen molar-refractivity contribution in [2.75, 3.05) is 0 Å². The standard InChI is InChI=1S/C15H14N/c1-3-16-11(2)10-13-9-8-12-6-4-5-7-14(12)15(13)16/h4-9H,3H2,1-2H3. The van der Waals surface area contributed by atoms with Gasteiger partial charge in [-0.1, -0.05) is 36.4 Å². The van der Waals surface area contributed by atoms with Gasteiger partial charge in [-0.05, 0) is 19.2 Å². The summed E-state index contributed by atoms with van der Waals surface area (Å²) in [7, 11) is 0. The van der Waals surface area contributed by atoms with Crippen molar-refractivity contribution in [2.45, 2.75) is 20.4 Å². The topological polar surface area (TPSA) is 4.93 Å². The molecule has 16 heavy (non-hydrogen) atoms. The molecule has 0 saturated carbocycles. The van der Waals surface area contributed by atoms with Crippen LogP contribution < -0.4 is 0 Å². The Hall–Kier alpha value is -1.76. The zero-order valence-electron chi connectivity index (χ0n) is 9.62. The fourth-order valence-electron chi connectivity index (χ4n) is 2.47. The Morgan fingerprint density at radius 3 is 2.75 bits per heavy atom. The van der Waals surface area contributed by atoms with Gasteiger partial charge in [0, 0.05) is 29.1 Å². The fourth-order valence-corrected chi connectivity index (χ4v) is 2.47. The predicted molar refractivity (Wildman–Crippen MR) is 68.7 cm³/mol. The predicted octanol–water partition coefficient (Wildman–Crippen LogP) is 3.92. The van der Waals surface area contributed by atoms with Crippen LogP contribution in [0.25, 0.3) is 21.7 Å². The van der Waals surface area contributed by atoms with Gasteiger partial charge in [0.05, 0.1) is 5.52 Å². The average molecular weight is 208 g/mol. The lowest BCUT2D eigenvalue weighted by molar-refractivity contribution is 0.771. The third kappa shape index (κ3) is 1.18. The van der Waals surface area contributed by atoms with E-state index in [9.17, 15) is 0 Å². The van der Waals surface area contributed by atoms with Gasteiger partial charge in [-0.15, -0.1) is 0 Å². The third-order valence-electron chi connectivity index (χ3n) is 3.21. The lowest BCUT2D eigenvalue weighted by Gasteiger charge is -2.06. The zero-order valence-corrected chi connectivity index (χ0v) is 9.62. The largest absolute Gasteiger partial charge is 0.344 e. The Bertz CT molecular complexity index is 662. The number of nitrogens with zero attached hydrogens (tertiary/aromatic N) is 1. The van der Waals surface area contributed by atoms with E-state index in [4.69, 9.17) is 0 Å². The quantitative estimate of drug-likeness (QED) is 0.571. The summed E-state index contributed by atoms with van der Waals surface area (Å²) in [6, 6.07) is 16.3. The molecule has 0 N–H and O–H groups in total. The molecular weight excluding hydrogens is 194 g/mol. The third-order valence-corrected chi connectivity index (χ3v) is 3.21. The molecule has 0 aliphatic carbocycles. The van der Waals surface area contributed by atoms with Gasteiger partial charge >= 0.3 is 0 Å². The van der Waals surface area contributed by atoms with E-state index in [1.807, 2.05) is 0 Å². The van der Waals surface area contributed by atoms with Crippen LogP contribution in [0.1, 0.15) is 12.6 Å². The van der Waals surface area contributed by atoms with E-state index in [-0.39, 0.29) is 0 Å². The van der Waals surface area contributed by atoms with Crippen molar-refractivity contribution in [2.24, 2.45) is 0 Å². The first kappa shape index (κ1) is 9.46. The first-order valence-corrected chi connectivity index (χ1v) is 5.71. The Morgan fingerprint density at radius 1 is 1.12 bits per heavy atom. The maximum atomic E-state index is 3.43. The normalized spacial score (nSPS) is 11.4. The summed E-state index contributed by atoms with van der Waals surface area (Å²) in [6.45, 7) is 5.31. The highest BCUT2D eigenvalue weighted by Gasteiger charge is 2.07. The average Bonchev–Trinajstić information content (AvgIpc) is 2.65. The second kappa shape index (κ2) is 3.38. The Morgan fingerprint density at radius 2 is 1.94 bits per heavy atom. The number of aromatic nitrogens is 1. The summed E-state index contributed by atoms with van der Waals surface area (Å²) in [5.41, 5.74) is 2.53. The van der Waals surface area contributed by atoms with Crippen LogP contribution >= 0.6 is 0 Å². The highest BCUT2D eigenvalue weighted by Crippen LogP contribution is 2.27. The smallest absolute Gasteiger partial charge is 0.0568 e. The van der Waals surface area contributed by atoms with E-state index in [0.717, 1.165) is 6.54 Å². The molecular formula is C15H14N. The first-order valence-electron chi connectivity index (χ1n) is 5.71. The molecule has 0 saturated heterocycles. The van der Waals surface area contributed by atoms with Gasteiger partial charge < -0.3 is 4.57 Å². The monoisotopic (exact) mass is 208 g/mol. The lowest BCUT2D eigenvalue weighted by Crippen LogP contribution is -1.96. The van der Waals surface area contributed by atoms with E-state index in [2.05, 4.69) is 60.9 Å². The van der Waals surface area contributed by atoms with Gasteiger partial charge in [-0.3, -0.25) is 0 Å². The molecule has 1 heteroatoms. The zero-order chi connectivity index (χ0) is 11.1. The van der Waals surface area contributed by atoms with Crippen LogP contribution in [0.2, 0.25) is 0 Å². The highest BCUT2D eigenvalue weighted by atomic mass is 15.0. The van der Waals surface area contributed by atoms with Gasteiger partial charge in [0.25, 0.3) is 0 Å². The van der Waals surface area contributed by atoms with Crippen LogP contribution in [0.5, 0.6) is 0 Å². The maximum absolute atomic E-state index is 3.43. The Labute approximate surface area is 95.3 Å². The summed E-state index contributed by atoms with van der Waals surface area (Å²) in [6.07, 6.45) is 0. The van der Waals surface area contributed by atoms with Crippen molar-refractivity contribution < 1.29 is 0 Å². The molecule has 0 amide bonds. The molecule has 3 rings (SSSR count). The van der Waals surface area contributed by atoms with Crippen molar-refractivity contribution in [3.63, 3.8) is 0 Å². The summed E-state index contributed by atoms with van der Waals surface area (Å²) in [4.78, 5) is 0. The van der Waals surface area contributed by atoms with E-state index in [1.54, 1.807) is 0 Å². The minimum absolute atomic E-state index is 1.000. The molecule has 0 atom stereocenters. The van der Waals surface area contributed by atoms with Gasteiger partial charge in [0.2, 0.25) is 0 Å². The number of aryl methyl sites for hydroxylation is 2. The maximum Gasteiger partial charge on any atom is 0.0568 e. The Balaban J connectivity index is 2.57. The molecule has 79 valence electrons. The number of fused-ring (bicyclic) bond motifs is 3. The molecule has 1 nitrogen and oxygen atoms in total. The fraction of sp³-hybridized carbons (Fsp3) is 0.200. The number of hydrogen-bond acceptors (Lipinski definition) is 0. The number of rotatable bonds is 1. The lowest BCUT2D eigenvalue weighted by atomic mass is 10.1. The van der Waals surface area contributed by atoms with Crippen LogP contribution in [0.4, 0.5) is 0 Å². The van der Waals surface area contributed by atoms with Crippen LogP contribution in [0.15, 0.2) is 36.4 Å². The molecule has 0 bridgehead atoms. The molecule has 1 aromatic heterocycles. The molecule has 0 aliphatic heterocycles. The molecule has 0 unspecified atom stereocenters. The minimum atomic E-state index is 1.000. The summed E-state index contributed by atoms with van der Waals surface area (Å²) < 4.78 is 2.33. The van der Waals surface area contributed by atoms with Crippen LogP contribution in [-0.2, 0) is 6.54 Å². The SMILES string of the molecule is CCn1c(C)[c]c2ccc3ccccc3c21. The van der Waals surface area contributed by atoms with Crippen molar-refractivity contribution in [3.05, 3.63) is 48.2 Å². The van der Waals surface area contributed by atoms with E-state index in [0.29, 0.717) is 0 Å². The Kier molecular flexibility index (Phi) is 2.00. The van der Waals surface area contributed by atoms with Crippen molar-refractivity contribution in [1.29, 1.82) is 0 Å². The summed E-state index contributed by atoms with van der Waals surface area (Å²) in [5, 5.41) is 3.85. The van der Waals surface area contributed by atoms with Crippen molar-refractivity contribution in [3.8, 4) is 0 Å². The van der Waals surface area contributed by atoms with E-state index >= 15 is 0 Å². The van der Waals surface area contributed by atoms with Gasteiger partial charge in [0.15, 0.2) is 0 Å². The summed E-state index contributed by atoms with van der Waals surface area (Å²) >= 11 is 0. The van der Waals surface area contributed by atoms with Crippen molar-refractivity contribution in [1.82, 2.24) is 4.57 Å². The van der Waals surface area contributed by atoms with Crippen LogP contribution in [0.3, 0.4) is 0 Å². The number of hydrogen-bond donors (Lipinski definition) is 0. The van der Waals surface area contributed by atoms with E-state index in [1.165, 1.54) is 27.4 Å². The number of benzene rings is 2. The molecule has 1 radical (unpaired) electrons. The highest BCUT2D eigenvalue weighted by molar-refractivity contribution is 6.06. The van der Waals surface area contributed by atoms with E-state index < -0.39 is 0 Å². The second-order valence-corrected chi connectivity index (χ2v) is 4.14. The molecule has 3 aromatic rings.